The topological polar surface area (TPSA) is 63.4 Å². The SMILES string of the molecule is CCC[C@@H]1CC(=O)N([C@@H](CC)C(N)=O)C1S. The van der Waals surface area contributed by atoms with Gasteiger partial charge in [0.2, 0.25) is 11.8 Å². The molecule has 1 fully saturated rings. The zero-order valence-corrected chi connectivity index (χ0v) is 10.7. The molecule has 1 rings (SSSR count). The molecule has 1 unspecified atom stereocenters. The number of hydrogen-bond donors (Lipinski definition) is 2. The van der Waals surface area contributed by atoms with Gasteiger partial charge in [-0.2, -0.15) is 12.6 Å². The van der Waals surface area contributed by atoms with Crippen LogP contribution in [-0.2, 0) is 9.59 Å². The first kappa shape index (κ1) is 13.4. The van der Waals surface area contributed by atoms with Gasteiger partial charge in [0.25, 0.3) is 0 Å². The van der Waals surface area contributed by atoms with E-state index in [4.69, 9.17) is 5.73 Å². The summed E-state index contributed by atoms with van der Waals surface area (Å²) in [4.78, 5) is 24.7. The monoisotopic (exact) mass is 244 g/mol. The molecule has 1 aliphatic heterocycles. The van der Waals surface area contributed by atoms with Crippen LogP contribution in [0.1, 0.15) is 39.5 Å². The first-order valence-corrected chi connectivity index (χ1v) is 6.33. The number of hydrogen-bond acceptors (Lipinski definition) is 3. The highest BCUT2D eigenvalue weighted by molar-refractivity contribution is 7.80. The van der Waals surface area contributed by atoms with E-state index in [1.54, 1.807) is 4.90 Å². The predicted octanol–water partition coefficient (Wildman–Crippen LogP) is 1.15. The number of carbonyl (C=O) groups excluding carboxylic acids is 2. The maximum atomic E-state index is 11.8. The van der Waals surface area contributed by atoms with Crippen LogP contribution >= 0.6 is 12.6 Å². The van der Waals surface area contributed by atoms with Gasteiger partial charge in [-0.05, 0) is 18.8 Å². The predicted molar refractivity (Wildman–Crippen MR) is 65.9 cm³/mol. The Balaban J connectivity index is 2.80. The fourth-order valence-corrected chi connectivity index (χ4v) is 2.87. The maximum absolute atomic E-state index is 11.8. The molecule has 0 bridgehead atoms. The summed E-state index contributed by atoms with van der Waals surface area (Å²) in [5.41, 5.74) is 5.30. The van der Waals surface area contributed by atoms with Crippen molar-refractivity contribution in [3.63, 3.8) is 0 Å². The summed E-state index contributed by atoms with van der Waals surface area (Å²) >= 11 is 4.46. The van der Waals surface area contributed by atoms with Crippen LogP contribution in [0.3, 0.4) is 0 Å². The molecule has 5 heteroatoms. The van der Waals surface area contributed by atoms with Crippen molar-refractivity contribution < 1.29 is 9.59 Å². The van der Waals surface area contributed by atoms with E-state index in [2.05, 4.69) is 19.6 Å². The fraction of sp³-hybridized carbons (Fsp3) is 0.818. The lowest BCUT2D eigenvalue weighted by Gasteiger charge is -2.29. The highest BCUT2D eigenvalue weighted by Gasteiger charge is 2.41. The van der Waals surface area contributed by atoms with Gasteiger partial charge in [-0.3, -0.25) is 9.59 Å². The van der Waals surface area contributed by atoms with Crippen LogP contribution in [0.15, 0.2) is 0 Å². The van der Waals surface area contributed by atoms with E-state index in [1.165, 1.54) is 0 Å². The average Bonchev–Trinajstić information content (AvgIpc) is 2.47. The lowest BCUT2D eigenvalue weighted by atomic mass is 10.0. The molecular formula is C11H20N2O2S. The summed E-state index contributed by atoms with van der Waals surface area (Å²) in [7, 11) is 0. The van der Waals surface area contributed by atoms with Gasteiger partial charge in [-0.15, -0.1) is 0 Å². The first-order valence-electron chi connectivity index (χ1n) is 5.81. The molecule has 1 saturated heterocycles. The number of thiol groups is 1. The van der Waals surface area contributed by atoms with Gasteiger partial charge < -0.3 is 10.6 Å². The van der Waals surface area contributed by atoms with Crippen molar-refractivity contribution in [2.75, 3.05) is 0 Å². The number of nitrogens with two attached hydrogens (primary N) is 1. The van der Waals surface area contributed by atoms with Crippen molar-refractivity contribution in [1.82, 2.24) is 4.90 Å². The molecular weight excluding hydrogens is 224 g/mol. The van der Waals surface area contributed by atoms with E-state index in [9.17, 15) is 9.59 Å². The van der Waals surface area contributed by atoms with Crippen molar-refractivity contribution in [2.45, 2.75) is 50.9 Å². The van der Waals surface area contributed by atoms with Crippen molar-refractivity contribution in [2.24, 2.45) is 11.7 Å². The van der Waals surface area contributed by atoms with Crippen LogP contribution in [0.2, 0.25) is 0 Å². The molecule has 0 aromatic rings. The molecule has 0 radical (unpaired) electrons. The van der Waals surface area contributed by atoms with Gasteiger partial charge >= 0.3 is 0 Å². The van der Waals surface area contributed by atoms with Crippen LogP contribution in [0.5, 0.6) is 0 Å². The summed E-state index contributed by atoms with van der Waals surface area (Å²) < 4.78 is 0. The van der Waals surface area contributed by atoms with E-state index >= 15 is 0 Å². The summed E-state index contributed by atoms with van der Waals surface area (Å²) in [5.74, 6) is -0.189. The Labute approximate surface area is 102 Å². The minimum Gasteiger partial charge on any atom is -0.368 e. The molecule has 0 aromatic heterocycles. The van der Waals surface area contributed by atoms with Gasteiger partial charge in [-0.25, -0.2) is 0 Å². The van der Waals surface area contributed by atoms with Gasteiger partial charge in [0, 0.05) is 6.42 Å². The molecule has 92 valence electrons. The van der Waals surface area contributed by atoms with E-state index in [-0.39, 0.29) is 17.2 Å². The number of likely N-dealkylation sites (tertiary alicyclic amines) is 1. The third-order valence-corrected chi connectivity index (χ3v) is 3.81. The Kier molecular flexibility index (Phi) is 4.65. The standard InChI is InChI=1S/C11H20N2O2S/c1-3-5-7-6-9(14)13(11(7)16)8(4-2)10(12)15/h7-8,11,16H,3-6H2,1-2H3,(H2,12,15)/t7-,8+,11?/m1/s1. The maximum Gasteiger partial charge on any atom is 0.240 e. The van der Waals surface area contributed by atoms with Crippen LogP contribution in [-0.4, -0.2) is 28.1 Å². The molecule has 4 nitrogen and oxygen atoms in total. The fourth-order valence-electron chi connectivity index (χ4n) is 2.32. The second-order valence-electron chi connectivity index (χ2n) is 4.29. The van der Waals surface area contributed by atoms with Crippen molar-refractivity contribution in [3.8, 4) is 0 Å². The number of nitrogens with zero attached hydrogens (tertiary/aromatic N) is 1. The molecule has 0 spiro atoms. The Morgan fingerprint density at radius 1 is 1.62 bits per heavy atom. The Bertz CT molecular complexity index is 283. The number of carbonyl (C=O) groups is 2. The molecule has 0 saturated carbocycles. The largest absolute Gasteiger partial charge is 0.368 e. The lowest BCUT2D eigenvalue weighted by molar-refractivity contribution is -0.136. The summed E-state index contributed by atoms with van der Waals surface area (Å²) in [6, 6.07) is -0.503. The summed E-state index contributed by atoms with van der Waals surface area (Å²) in [6.07, 6.45) is 3.03. The van der Waals surface area contributed by atoms with Crippen molar-refractivity contribution in [1.29, 1.82) is 0 Å². The minimum absolute atomic E-state index is 0.00380. The molecule has 0 aliphatic carbocycles. The van der Waals surface area contributed by atoms with Crippen molar-refractivity contribution >= 4 is 24.4 Å². The van der Waals surface area contributed by atoms with Gasteiger partial charge in [0.1, 0.15) is 6.04 Å². The molecule has 2 amide bonds. The Morgan fingerprint density at radius 3 is 2.69 bits per heavy atom. The Morgan fingerprint density at radius 2 is 2.25 bits per heavy atom. The van der Waals surface area contributed by atoms with Gasteiger partial charge in [0.15, 0.2) is 0 Å². The quantitative estimate of drug-likeness (QED) is 0.713. The van der Waals surface area contributed by atoms with E-state index in [0.717, 1.165) is 12.8 Å². The first-order chi connectivity index (χ1) is 7.52. The molecule has 0 aromatic carbocycles. The van der Waals surface area contributed by atoms with Crippen LogP contribution in [0.4, 0.5) is 0 Å². The van der Waals surface area contributed by atoms with Crippen LogP contribution in [0.25, 0.3) is 0 Å². The second kappa shape index (κ2) is 5.57. The molecule has 16 heavy (non-hydrogen) atoms. The number of rotatable bonds is 5. The lowest BCUT2D eigenvalue weighted by Crippen LogP contribution is -2.48. The highest BCUT2D eigenvalue weighted by atomic mass is 32.1. The minimum atomic E-state index is -0.503. The van der Waals surface area contributed by atoms with Crippen molar-refractivity contribution in [3.05, 3.63) is 0 Å². The zero-order valence-electron chi connectivity index (χ0n) is 9.85. The van der Waals surface area contributed by atoms with Gasteiger partial charge in [-0.1, -0.05) is 20.3 Å². The normalized spacial score (nSPS) is 27.2. The van der Waals surface area contributed by atoms with E-state index in [0.29, 0.717) is 12.8 Å². The van der Waals surface area contributed by atoms with E-state index < -0.39 is 11.9 Å². The molecule has 2 N–H and O–H groups in total. The molecule has 1 heterocycles. The summed E-state index contributed by atoms with van der Waals surface area (Å²) in [6.45, 7) is 3.94. The van der Waals surface area contributed by atoms with Crippen LogP contribution < -0.4 is 5.73 Å². The zero-order chi connectivity index (χ0) is 12.3. The molecule has 1 aliphatic rings. The smallest absolute Gasteiger partial charge is 0.240 e. The third kappa shape index (κ3) is 2.51. The molecule has 3 atom stereocenters. The highest BCUT2D eigenvalue weighted by Crippen LogP contribution is 2.33. The third-order valence-electron chi connectivity index (χ3n) is 3.14. The van der Waals surface area contributed by atoms with E-state index in [1.807, 2.05) is 6.92 Å². The van der Waals surface area contributed by atoms with Gasteiger partial charge in [0.05, 0.1) is 5.37 Å². The second-order valence-corrected chi connectivity index (χ2v) is 4.82. The van der Waals surface area contributed by atoms with Crippen LogP contribution in [0, 0.1) is 5.92 Å². The number of primary amides is 1. The Hall–Kier alpha value is -0.710. The summed E-state index contributed by atoms with van der Waals surface area (Å²) in [5, 5.41) is -0.162. The average molecular weight is 244 g/mol. The number of amides is 2.